The molecule has 1 saturated heterocycles. The van der Waals surface area contributed by atoms with E-state index >= 15 is 0 Å². The fraction of sp³-hybridized carbons (Fsp3) is 0.467. The van der Waals surface area contributed by atoms with E-state index in [4.69, 9.17) is 0 Å². The first kappa shape index (κ1) is 14.4. The zero-order valence-corrected chi connectivity index (χ0v) is 11.9. The third-order valence-corrected chi connectivity index (χ3v) is 3.66. The Hall–Kier alpha value is -2.04. The Morgan fingerprint density at radius 2 is 1.95 bits per heavy atom. The molecule has 1 aliphatic heterocycles. The maximum Gasteiger partial charge on any atom is 0.326 e. The smallest absolute Gasteiger partial charge is 0.326 e. The van der Waals surface area contributed by atoms with Crippen LogP contribution in [0.15, 0.2) is 24.3 Å². The lowest BCUT2D eigenvalue weighted by Gasteiger charge is -2.33. The molecule has 108 valence electrons. The minimum atomic E-state index is -0.916. The average molecular weight is 276 g/mol. The van der Waals surface area contributed by atoms with Gasteiger partial charge in [0.15, 0.2) is 0 Å². The Kier molecular flexibility index (Phi) is 4.27. The van der Waals surface area contributed by atoms with Crippen LogP contribution in [0.4, 0.5) is 5.69 Å². The SMILES string of the molecule is CN(C)c1ccccc1C(=O)N1CCCCC1C(=O)O. The van der Waals surface area contributed by atoms with Crippen molar-refractivity contribution in [1.29, 1.82) is 0 Å². The maximum atomic E-state index is 12.7. The molecule has 1 aliphatic rings. The Bertz CT molecular complexity index is 514. The lowest BCUT2D eigenvalue weighted by atomic mass is 10.0. The number of aliphatic carboxylic acids is 1. The van der Waals surface area contributed by atoms with Gasteiger partial charge in [-0.3, -0.25) is 4.79 Å². The van der Waals surface area contributed by atoms with E-state index < -0.39 is 12.0 Å². The number of carboxylic acid groups (broad SMARTS) is 1. The van der Waals surface area contributed by atoms with Gasteiger partial charge in [-0.1, -0.05) is 12.1 Å². The van der Waals surface area contributed by atoms with E-state index in [1.807, 2.05) is 31.1 Å². The van der Waals surface area contributed by atoms with Crippen LogP contribution in [0.1, 0.15) is 29.6 Å². The Morgan fingerprint density at radius 1 is 1.25 bits per heavy atom. The van der Waals surface area contributed by atoms with E-state index in [1.165, 1.54) is 4.90 Å². The number of nitrogens with zero attached hydrogens (tertiary/aromatic N) is 2. The fourth-order valence-corrected chi connectivity index (χ4v) is 2.63. The number of piperidine rings is 1. The third-order valence-electron chi connectivity index (χ3n) is 3.66. The summed E-state index contributed by atoms with van der Waals surface area (Å²) < 4.78 is 0. The number of anilines is 1. The molecule has 2 rings (SSSR count). The van der Waals surface area contributed by atoms with Crippen molar-refractivity contribution in [3.63, 3.8) is 0 Å². The number of carboxylic acids is 1. The molecule has 1 aromatic carbocycles. The molecule has 0 bridgehead atoms. The number of hydrogen-bond acceptors (Lipinski definition) is 3. The van der Waals surface area contributed by atoms with Crippen molar-refractivity contribution in [3.8, 4) is 0 Å². The molecule has 1 atom stereocenters. The zero-order chi connectivity index (χ0) is 14.7. The number of hydrogen-bond donors (Lipinski definition) is 1. The second kappa shape index (κ2) is 5.94. The highest BCUT2D eigenvalue weighted by Gasteiger charge is 2.33. The minimum Gasteiger partial charge on any atom is -0.480 e. The Balaban J connectivity index is 2.32. The van der Waals surface area contributed by atoms with Gasteiger partial charge in [0.05, 0.1) is 5.56 Å². The highest BCUT2D eigenvalue weighted by molar-refractivity contribution is 6.01. The largest absolute Gasteiger partial charge is 0.480 e. The fourth-order valence-electron chi connectivity index (χ4n) is 2.63. The predicted molar refractivity (Wildman–Crippen MR) is 77.1 cm³/mol. The van der Waals surface area contributed by atoms with Gasteiger partial charge in [-0.15, -0.1) is 0 Å². The van der Waals surface area contributed by atoms with Crippen LogP contribution in [0.3, 0.4) is 0 Å². The molecule has 1 amide bonds. The van der Waals surface area contributed by atoms with Gasteiger partial charge in [-0.2, -0.15) is 0 Å². The minimum absolute atomic E-state index is 0.193. The molecule has 0 aliphatic carbocycles. The van der Waals surface area contributed by atoms with E-state index in [0.717, 1.165) is 18.5 Å². The monoisotopic (exact) mass is 276 g/mol. The van der Waals surface area contributed by atoms with Crippen molar-refractivity contribution in [2.75, 3.05) is 25.5 Å². The highest BCUT2D eigenvalue weighted by atomic mass is 16.4. The topological polar surface area (TPSA) is 60.9 Å². The van der Waals surface area contributed by atoms with Crippen LogP contribution in [0, 0.1) is 0 Å². The zero-order valence-electron chi connectivity index (χ0n) is 11.9. The second-order valence-electron chi connectivity index (χ2n) is 5.26. The normalized spacial score (nSPS) is 18.7. The van der Waals surface area contributed by atoms with Crippen LogP contribution in [0.2, 0.25) is 0 Å². The van der Waals surface area contributed by atoms with Gasteiger partial charge in [-0.05, 0) is 31.4 Å². The average Bonchev–Trinajstić information content (AvgIpc) is 2.46. The molecule has 1 aromatic rings. The molecule has 1 N–H and O–H groups in total. The van der Waals surface area contributed by atoms with Gasteiger partial charge in [0.25, 0.3) is 5.91 Å². The summed E-state index contributed by atoms with van der Waals surface area (Å²) in [5.74, 6) is -1.11. The summed E-state index contributed by atoms with van der Waals surface area (Å²) in [5, 5.41) is 9.28. The summed E-state index contributed by atoms with van der Waals surface area (Å²) in [5.41, 5.74) is 1.37. The van der Waals surface area contributed by atoms with Crippen molar-refractivity contribution in [2.24, 2.45) is 0 Å². The third kappa shape index (κ3) is 2.76. The quantitative estimate of drug-likeness (QED) is 0.915. The first-order chi connectivity index (χ1) is 9.52. The Morgan fingerprint density at radius 3 is 2.60 bits per heavy atom. The molecule has 0 saturated carbocycles. The summed E-state index contributed by atoms with van der Waals surface area (Å²) in [7, 11) is 3.74. The Labute approximate surface area is 118 Å². The van der Waals surface area contributed by atoms with E-state index in [9.17, 15) is 14.7 Å². The van der Waals surface area contributed by atoms with Crippen LogP contribution >= 0.6 is 0 Å². The number of carbonyl (C=O) groups excluding carboxylic acids is 1. The molecule has 20 heavy (non-hydrogen) atoms. The van der Waals surface area contributed by atoms with Gasteiger partial charge in [0.2, 0.25) is 0 Å². The lowest BCUT2D eigenvalue weighted by Crippen LogP contribution is -2.48. The first-order valence-corrected chi connectivity index (χ1v) is 6.82. The molecule has 5 heteroatoms. The molecule has 1 heterocycles. The van der Waals surface area contributed by atoms with Gasteiger partial charge < -0.3 is 14.9 Å². The summed E-state index contributed by atoms with van der Waals surface area (Å²) in [4.78, 5) is 27.4. The molecule has 0 aromatic heterocycles. The van der Waals surface area contributed by atoms with Gasteiger partial charge in [-0.25, -0.2) is 4.79 Å². The standard InChI is InChI=1S/C15H20N2O3/c1-16(2)12-8-4-3-7-11(12)14(18)17-10-6-5-9-13(17)15(19)20/h3-4,7-8,13H,5-6,9-10H2,1-2H3,(H,19,20). The summed E-state index contributed by atoms with van der Waals surface area (Å²) in [6.07, 6.45) is 2.25. The summed E-state index contributed by atoms with van der Waals surface area (Å²) >= 11 is 0. The van der Waals surface area contributed by atoms with Crippen molar-refractivity contribution in [2.45, 2.75) is 25.3 Å². The number of carbonyl (C=O) groups is 2. The van der Waals surface area contributed by atoms with Crippen molar-refractivity contribution < 1.29 is 14.7 Å². The van der Waals surface area contributed by atoms with E-state index in [2.05, 4.69) is 0 Å². The molecule has 1 unspecified atom stereocenters. The maximum absolute atomic E-state index is 12.7. The van der Waals surface area contributed by atoms with Crippen molar-refractivity contribution >= 4 is 17.6 Å². The highest BCUT2D eigenvalue weighted by Crippen LogP contribution is 2.24. The number of rotatable bonds is 3. The molecular formula is C15H20N2O3. The van der Waals surface area contributed by atoms with Crippen LogP contribution in [-0.2, 0) is 4.79 Å². The van der Waals surface area contributed by atoms with Gasteiger partial charge in [0, 0.05) is 26.3 Å². The van der Waals surface area contributed by atoms with Crippen molar-refractivity contribution in [1.82, 2.24) is 4.90 Å². The van der Waals surface area contributed by atoms with Crippen LogP contribution < -0.4 is 4.90 Å². The van der Waals surface area contributed by atoms with Crippen LogP contribution in [-0.4, -0.2) is 48.6 Å². The molecule has 1 fully saturated rings. The molecule has 0 radical (unpaired) electrons. The number of benzene rings is 1. The summed E-state index contributed by atoms with van der Waals surface area (Å²) in [6, 6.07) is 6.60. The molecule has 5 nitrogen and oxygen atoms in total. The van der Waals surface area contributed by atoms with E-state index in [0.29, 0.717) is 18.5 Å². The van der Waals surface area contributed by atoms with Crippen LogP contribution in [0.25, 0.3) is 0 Å². The van der Waals surface area contributed by atoms with Gasteiger partial charge in [0.1, 0.15) is 6.04 Å². The second-order valence-corrected chi connectivity index (χ2v) is 5.26. The number of likely N-dealkylation sites (tertiary alicyclic amines) is 1. The number of amides is 1. The molecular weight excluding hydrogens is 256 g/mol. The van der Waals surface area contributed by atoms with Crippen LogP contribution in [0.5, 0.6) is 0 Å². The van der Waals surface area contributed by atoms with E-state index in [1.54, 1.807) is 12.1 Å². The number of para-hydroxylation sites is 1. The van der Waals surface area contributed by atoms with Crippen molar-refractivity contribution in [3.05, 3.63) is 29.8 Å². The van der Waals surface area contributed by atoms with Gasteiger partial charge >= 0.3 is 5.97 Å². The predicted octanol–water partition coefficient (Wildman–Crippen LogP) is 1.83. The van der Waals surface area contributed by atoms with E-state index in [-0.39, 0.29) is 5.91 Å². The lowest BCUT2D eigenvalue weighted by molar-refractivity contribution is -0.143. The summed E-state index contributed by atoms with van der Waals surface area (Å²) in [6.45, 7) is 0.511. The molecule has 0 spiro atoms. The first-order valence-electron chi connectivity index (χ1n) is 6.82.